The molecule has 0 radical (unpaired) electrons. The molecule has 214 valence electrons. The second-order valence-corrected chi connectivity index (χ2v) is 11.7. The van der Waals surface area contributed by atoms with Crippen LogP contribution in [0, 0.1) is 0 Å². The summed E-state index contributed by atoms with van der Waals surface area (Å²) in [6.45, 7) is 15.2. The molecule has 41 heavy (non-hydrogen) atoms. The summed E-state index contributed by atoms with van der Waals surface area (Å²) in [5, 5.41) is 0. The highest BCUT2D eigenvalue weighted by Crippen LogP contribution is 2.36. The molecule has 1 amide bonds. The van der Waals surface area contributed by atoms with E-state index >= 15 is 0 Å². The number of aromatic nitrogens is 4. The fourth-order valence-corrected chi connectivity index (χ4v) is 5.67. The van der Waals surface area contributed by atoms with E-state index in [1.807, 2.05) is 74.2 Å². The minimum atomic E-state index is -0.560. The molecule has 3 aromatic heterocycles. The lowest BCUT2D eigenvalue weighted by molar-refractivity contribution is -0.0295. The number of anilines is 1. The Morgan fingerprint density at radius 3 is 2.41 bits per heavy atom. The third-order valence-corrected chi connectivity index (χ3v) is 7.33. The summed E-state index contributed by atoms with van der Waals surface area (Å²) in [6.07, 6.45) is 3.78. The Labute approximate surface area is 241 Å². The zero-order valence-corrected chi connectivity index (χ0v) is 24.5. The van der Waals surface area contributed by atoms with Gasteiger partial charge in [0.05, 0.1) is 17.4 Å². The number of ether oxygens (including phenoxy) is 1. The molecule has 9 heteroatoms. The van der Waals surface area contributed by atoms with E-state index in [9.17, 15) is 4.79 Å². The summed E-state index contributed by atoms with van der Waals surface area (Å²) >= 11 is 0. The number of benzene rings is 1. The van der Waals surface area contributed by atoms with Crippen molar-refractivity contribution >= 4 is 23.1 Å². The van der Waals surface area contributed by atoms with Crippen molar-refractivity contribution in [3.8, 4) is 22.6 Å². The molecule has 1 aliphatic heterocycles. The van der Waals surface area contributed by atoms with Crippen molar-refractivity contribution in [3.05, 3.63) is 73.4 Å². The van der Waals surface area contributed by atoms with Gasteiger partial charge in [0.15, 0.2) is 5.65 Å². The highest BCUT2D eigenvalue weighted by atomic mass is 16.6. The van der Waals surface area contributed by atoms with Gasteiger partial charge in [-0.3, -0.25) is 9.47 Å². The topological polar surface area (TPSA) is 102 Å². The van der Waals surface area contributed by atoms with Gasteiger partial charge < -0.3 is 15.4 Å². The molecule has 4 heterocycles. The van der Waals surface area contributed by atoms with Crippen LogP contribution in [0.5, 0.6) is 0 Å². The summed E-state index contributed by atoms with van der Waals surface area (Å²) in [6, 6.07) is 17.8. The van der Waals surface area contributed by atoms with Crippen LogP contribution in [-0.4, -0.2) is 66.2 Å². The van der Waals surface area contributed by atoms with Gasteiger partial charge in [0.1, 0.15) is 22.8 Å². The summed E-state index contributed by atoms with van der Waals surface area (Å²) < 4.78 is 7.91. The highest BCUT2D eigenvalue weighted by Gasteiger charge is 2.39. The van der Waals surface area contributed by atoms with Crippen molar-refractivity contribution in [3.63, 3.8) is 0 Å². The lowest BCUT2D eigenvalue weighted by atomic mass is 10.1. The maximum absolute atomic E-state index is 13.1. The van der Waals surface area contributed by atoms with Crippen LogP contribution in [0.3, 0.4) is 0 Å². The van der Waals surface area contributed by atoms with E-state index in [0.29, 0.717) is 31.2 Å². The number of fused-ring (bicyclic) bond motifs is 1. The van der Waals surface area contributed by atoms with Crippen LogP contribution in [0.4, 0.5) is 10.6 Å². The van der Waals surface area contributed by atoms with Gasteiger partial charge in [-0.05, 0) is 65.3 Å². The first-order chi connectivity index (χ1) is 19.6. The van der Waals surface area contributed by atoms with Crippen LogP contribution < -0.4 is 5.73 Å². The second-order valence-electron chi connectivity index (χ2n) is 11.7. The maximum atomic E-state index is 13.1. The number of hydrogen-bond donors (Lipinski definition) is 1. The van der Waals surface area contributed by atoms with Crippen LogP contribution in [-0.2, 0) is 4.74 Å². The number of pyridine rings is 2. The molecule has 1 fully saturated rings. The minimum Gasteiger partial charge on any atom is -0.444 e. The van der Waals surface area contributed by atoms with Crippen LogP contribution in [0.1, 0.15) is 47.2 Å². The Balaban J connectivity index is 1.62. The fourth-order valence-electron chi connectivity index (χ4n) is 5.67. The number of rotatable bonds is 6. The SMILES string of the molecule is C=CCC(N1C[C@H](C)N(C(=O)OC(C)(C)C)[C@@H](C)C1)n1c(-c2cccnc2N)nc2ccc(-c3ccccc3)nc21. The first-order valence-electron chi connectivity index (χ1n) is 14.1. The first-order valence-corrected chi connectivity index (χ1v) is 14.1. The summed E-state index contributed by atoms with van der Waals surface area (Å²) in [5.74, 6) is 1.10. The standard InChI is InChI=1S/C32H39N7O2/c1-7-12-27(37-19-21(2)38(22(3)20-37)31(40)41-32(4,5)6)39-29(24-15-11-18-34-28(24)33)36-26-17-16-25(35-30(26)39)23-13-9-8-10-14-23/h7-11,13-18,21-22,27H,1,12,19-20H2,2-6H3,(H2,33,34)/t21-,22-,27?/m0/s1. The van der Waals surface area contributed by atoms with Gasteiger partial charge in [0.2, 0.25) is 0 Å². The van der Waals surface area contributed by atoms with E-state index in [1.54, 1.807) is 6.20 Å². The number of nitrogens with zero attached hydrogens (tertiary/aromatic N) is 6. The molecule has 1 saturated heterocycles. The molecule has 0 spiro atoms. The molecule has 0 saturated carbocycles. The number of piperazine rings is 1. The molecule has 5 rings (SSSR count). The molecule has 3 atom stereocenters. The van der Waals surface area contributed by atoms with Crippen molar-refractivity contribution in [2.24, 2.45) is 0 Å². The average Bonchev–Trinajstić information content (AvgIpc) is 3.29. The van der Waals surface area contributed by atoms with Gasteiger partial charge in [-0.15, -0.1) is 6.58 Å². The van der Waals surface area contributed by atoms with Gasteiger partial charge in [-0.2, -0.15) is 0 Å². The Kier molecular flexibility index (Phi) is 7.82. The summed E-state index contributed by atoms with van der Waals surface area (Å²) in [5.41, 5.74) is 9.98. The van der Waals surface area contributed by atoms with Gasteiger partial charge >= 0.3 is 6.09 Å². The lowest BCUT2D eigenvalue weighted by Crippen LogP contribution is -2.60. The Morgan fingerprint density at radius 1 is 1.07 bits per heavy atom. The minimum absolute atomic E-state index is 0.0737. The molecule has 0 bridgehead atoms. The number of nitrogens with two attached hydrogens (primary N) is 1. The van der Waals surface area contributed by atoms with Crippen molar-refractivity contribution < 1.29 is 9.53 Å². The largest absolute Gasteiger partial charge is 0.444 e. The van der Waals surface area contributed by atoms with E-state index < -0.39 is 5.60 Å². The van der Waals surface area contributed by atoms with Crippen molar-refractivity contribution in [1.29, 1.82) is 0 Å². The molecule has 4 aromatic rings. The Hall–Kier alpha value is -4.24. The van der Waals surface area contributed by atoms with Gasteiger partial charge in [-0.1, -0.05) is 36.4 Å². The number of amides is 1. The third kappa shape index (κ3) is 5.81. The molecular weight excluding hydrogens is 514 g/mol. The average molecular weight is 554 g/mol. The number of carbonyl (C=O) groups excluding carboxylic acids is 1. The molecule has 1 unspecified atom stereocenters. The van der Waals surface area contributed by atoms with Crippen LogP contribution in [0.25, 0.3) is 33.8 Å². The predicted octanol–water partition coefficient (Wildman–Crippen LogP) is 6.15. The van der Waals surface area contributed by atoms with Crippen molar-refractivity contribution in [2.45, 2.75) is 64.9 Å². The van der Waals surface area contributed by atoms with E-state index in [0.717, 1.165) is 28.0 Å². The van der Waals surface area contributed by atoms with E-state index in [-0.39, 0.29) is 24.3 Å². The van der Waals surface area contributed by atoms with Crippen molar-refractivity contribution in [1.82, 2.24) is 29.3 Å². The number of carbonyl (C=O) groups is 1. The summed E-state index contributed by atoms with van der Waals surface area (Å²) in [4.78, 5) is 31.9. The lowest BCUT2D eigenvalue weighted by Gasteiger charge is -2.47. The monoisotopic (exact) mass is 553 g/mol. The van der Waals surface area contributed by atoms with E-state index in [4.69, 9.17) is 20.4 Å². The normalized spacial score (nSPS) is 18.8. The number of imidazole rings is 1. The zero-order valence-electron chi connectivity index (χ0n) is 24.5. The molecule has 9 nitrogen and oxygen atoms in total. The molecular formula is C32H39N7O2. The van der Waals surface area contributed by atoms with Gasteiger partial charge in [0.25, 0.3) is 0 Å². The van der Waals surface area contributed by atoms with Crippen molar-refractivity contribution in [2.75, 3.05) is 18.8 Å². The number of hydrogen-bond acceptors (Lipinski definition) is 7. The van der Waals surface area contributed by atoms with Crippen LogP contribution >= 0.6 is 0 Å². The maximum Gasteiger partial charge on any atom is 0.410 e. The van der Waals surface area contributed by atoms with Gasteiger partial charge in [-0.25, -0.2) is 19.7 Å². The van der Waals surface area contributed by atoms with Crippen LogP contribution in [0.2, 0.25) is 0 Å². The molecule has 2 N–H and O–H groups in total. The summed E-state index contributed by atoms with van der Waals surface area (Å²) in [7, 11) is 0. The van der Waals surface area contributed by atoms with E-state index in [2.05, 4.69) is 47.0 Å². The van der Waals surface area contributed by atoms with E-state index in [1.165, 1.54) is 0 Å². The molecule has 0 aliphatic carbocycles. The zero-order chi connectivity index (χ0) is 29.3. The third-order valence-electron chi connectivity index (χ3n) is 7.33. The quantitative estimate of drug-likeness (QED) is 0.286. The van der Waals surface area contributed by atoms with Gasteiger partial charge in [0, 0.05) is 36.9 Å². The Bertz CT molecular complexity index is 1530. The highest BCUT2D eigenvalue weighted by molar-refractivity contribution is 5.82. The Morgan fingerprint density at radius 2 is 1.78 bits per heavy atom. The first kappa shape index (κ1) is 28.3. The smallest absolute Gasteiger partial charge is 0.410 e. The fraction of sp³-hybridized carbons (Fsp3) is 0.375. The number of nitrogen functional groups attached to an aromatic ring is 1. The van der Waals surface area contributed by atoms with Crippen LogP contribution in [0.15, 0.2) is 73.4 Å². The molecule has 1 aromatic carbocycles. The molecule has 1 aliphatic rings. The predicted molar refractivity (Wildman–Crippen MR) is 163 cm³/mol. The second kappa shape index (κ2) is 11.3.